The van der Waals surface area contributed by atoms with Crippen molar-refractivity contribution in [3.63, 3.8) is 0 Å². The van der Waals surface area contributed by atoms with Crippen molar-refractivity contribution in [1.29, 1.82) is 5.26 Å². The van der Waals surface area contributed by atoms with Gasteiger partial charge in [0.2, 0.25) is 5.91 Å². The minimum absolute atomic E-state index is 0.0198. The number of nitrogen functional groups attached to an aromatic ring is 1. The molecule has 0 bridgehead atoms. The lowest BCUT2D eigenvalue weighted by atomic mass is 9.92. The van der Waals surface area contributed by atoms with Gasteiger partial charge in [0.25, 0.3) is 0 Å². The zero-order valence-corrected chi connectivity index (χ0v) is 26.2. The third-order valence-electron chi connectivity index (χ3n) is 8.24. The van der Waals surface area contributed by atoms with Crippen LogP contribution in [0.15, 0.2) is 36.8 Å². The van der Waals surface area contributed by atoms with Crippen LogP contribution in [0.1, 0.15) is 19.8 Å². The number of carbonyl (C=O) groups excluding carboxylic acids is 3. The van der Waals surface area contributed by atoms with Gasteiger partial charge in [0, 0.05) is 73.3 Å². The van der Waals surface area contributed by atoms with E-state index in [0.717, 1.165) is 12.1 Å². The first-order chi connectivity index (χ1) is 20.9. The molecule has 1 fully saturated rings. The molecule has 1 aliphatic rings. The number of amides is 4. The molecule has 14 nitrogen and oxygen atoms in total. The van der Waals surface area contributed by atoms with Gasteiger partial charge in [-0.05, 0) is 36.6 Å². The first kappa shape index (κ1) is 31.9. The Morgan fingerprint density at radius 2 is 1.82 bits per heavy atom. The summed E-state index contributed by atoms with van der Waals surface area (Å²) in [7, 11) is 9.06. The minimum Gasteiger partial charge on any atom is -0.397 e. The smallest absolute Gasteiger partial charge is 0.329 e. The molecule has 1 aliphatic heterocycles. The molecule has 14 heteroatoms. The van der Waals surface area contributed by atoms with Crippen LogP contribution >= 0.6 is 0 Å². The highest BCUT2D eigenvalue weighted by Crippen LogP contribution is 2.30. The van der Waals surface area contributed by atoms with E-state index in [1.807, 2.05) is 49.1 Å². The number of benzene rings is 1. The highest BCUT2D eigenvalue weighted by molar-refractivity contribution is 5.95. The van der Waals surface area contributed by atoms with Crippen LogP contribution < -0.4 is 20.9 Å². The van der Waals surface area contributed by atoms with Gasteiger partial charge in [-0.1, -0.05) is 6.92 Å². The summed E-state index contributed by atoms with van der Waals surface area (Å²) in [6.07, 6.45) is 3.77. The lowest BCUT2D eigenvalue weighted by Crippen LogP contribution is -2.52. The van der Waals surface area contributed by atoms with Crippen LogP contribution in [-0.2, 0) is 4.79 Å². The molecule has 2 aromatic heterocycles. The zero-order valence-electron chi connectivity index (χ0n) is 26.2. The number of fused-ring (bicyclic) bond motifs is 1. The van der Waals surface area contributed by atoms with Gasteiger partial charge in [0.15, 0.2) is 5.65 Å². The number of hydrogen-bond acceptors (Lipinski definition) is 9. The second kappa shape index (κ2) is 13.5. The Labute approximate surface area is 257 Å². The molecular weight excluding hydrogens is 562 g/mol. The van der Waals surface area contributed by atoms with Crippen LogP contribution in [0.2, 0.25) is 0 Å². The first-order valence-corrected chi connectivity index (χ1v) is 14.5. The summed E-state index contributed by atoms with van der Waals surface area (Å²) in [5.41, 5.74) is 8.40. The summed E-state index contributed by atoms with van der Waals surface area (Å²) in [5.74, 6) is 0.773. The molecule has 4 amide bonds. The van der Waals surface area contributed by atoms with Gasteiger partial charge in [-0.15, -0.1) is 0 Å². The van der Waals surface area contributed by atoms with E-state index in [4.69, 9.17) is 11.0 Å². The Balaban J connectivity index is 1.42. The molecule has 0 saturated carbocycles. The Kier molecular flexibility index (Phi) is 9.77. The number of nitrogens with zero attached hydrogens (tertiary/aromatic N) is 9. The average molecular weight is 604 g/mol. The summed E-state index contributed by atoms with van der Waals surface area (Å²) in [5, 5.41) is 12.5. The maximum Gasteiger partial charge on any atom is 0.329 e. The first-order valence-electron chi connectivity index (χ1n) is 14.5. The van der Waals surface area contributed by atoms with Crippen molar-refractivity contribution >= 4 is 51.9 Å². The van der Waals surface area contributed by atoms with Crippen molar-refractivity contribution in [2.45, 2.75) is 25.8 Å². The normalized spacial score (nSPS) is 16.2. The largest absolute Gasteiger partial charge is 0.397 e. The molecule has 3 N–H and O–H groups in total. The summed E-state index contributed by atoms with van der Waals surface area (Å²) in [6, 6.07) is 8.51. The van der Waals surface area contributed by atoms with Gasteiger partial charge in [-0.2, -0.15) is 5.26 Å². The number of likely N-dealkylation sites (N-methyl/N-ethyl adjacent to an activating group) is 3. The number of nitriles is 1. The monoisotopic (exact) mass is 603 g/mol. The highest BCUT2D eigenvalue weighted by Gasteiger charge is 2.33. The minimum atomic E-state index is -0.342. The van der Waals surface area contributed by atoms with Crippen LogP contribution in [0.5, 0.6) is 0 Å². The third kappa shape index (κ3) is 6.77. The van der Waals surface area contributed by atoms with Crippen molar-refractivity contribution in [2.24, 2.45) is 5.92 Å². The van der Waals surface area contributed by atoms with E-state index in [2.05, 4.69) is 22.2 Å². The van der Waals surface area contributed by atoms with Crippen LogP contribution in [0.4, 0.5) is 32.5 Å². The van der Waals surface area contributed by atoms with E-state index in [0.29, 0.717) is 41.3 Å². The number of urea groups is 1. The lowest BCUT2D eigenvalue weighted by molar-refractivity contribution is -0.131. The summed E-state index contributed by atoms with van der Waals surface area (Å²) >= 11 is 0. The predicted molar refractivity (Wildman–Crippen MR) is 171 cm³/mol. The SMILES string of the molecule is C[C@@H]1CCN(C(=O)CC#N)C[C@@H]1N(C)c1ncnc2c1ccn2C(=O)N(C)CCN(C)C(=O)Nc1cc(N(C)C)ccc1N. The second-order valence-corrected chi connectivity index (χ2v) is 11.5. The van der Waals surface area contributed by atoms with Crippen molar-refractivity contribution in [1.82, 2.24) is 29.2 Å². The van der Waals surface area contributed by atoms with Crippen LogP contribution in [0, 0.1) is 17.2 Å². The Hall–Kier alpha value is -5.06. The molecule has 1 aromatic carbocycles. The predicted octanol–water partition coefficient (Wildman–Crippen LogP) is 2.73. The summed E-state index contributed by atoms with van der Waals surface area (Å²) in [4.78, 5) is 56.4. The number of piperidine rings is 1. The van der Waals surface area contributed by atoms with Crippen LogP contribution in [0.25, 0.3) is 11.0 Å². The molecule has 234 valence electrons. The Morgan fingerprint density at radius 3 is 2.52 bits per heavy atom. The molecule has 4 rings (SSSR count). The van der Waals surface area contributed by atoms with E-state index in [1.54, 1.807) is 37.3 Å². The molecule has 3 aromatic rings. The molecule has 0 aliphatic carbocycles. The van der Waals surface area contributed by atoms with Gasteiger partial charge >= 0.3 is 12.1 Å². The second-order valence-electron chi connectivity index (χ2n) is 11.5. The maximum atomic E-state index is 13.5. The van der Waals surface area contributed by atoms with E-state index < -0.39 is 0 Å². The standard InChI is InChI=1S/C30H41N11O3/c1-20-10-13-40(26(42)9-12-31)18-25(20)39(6)27-22-11-14-41(28(22)34-19-33-27)30(44)38(5)16-15-37(4)29(43)35-24-17-21(36(2)3)7-8-23(24)32/h7-8,11,14,17,19-20,25H,9-10,13,15-16,18,32H2,1-6H3,(H,35,43)/t20-,25+/m1/s1. The van der Waals surface area contributed by atoms with Crippen molar-refractivity contribution < 1.29 is 14.4 Å². The van der Waals surface area contributed by atoms with Gasteiger partial charge in [0.05, 0.1) is 28.9 Å². The Morgan fingerprint density at radius 1 is 1.09 bits per heavy atom. The van der Waals surface area contributed by atoms with Gasteiger partial charge in [-0.25, -0.2) is 19.6 Å². The molecular formula is C30H41N11O3. The van der Waals surface area contributed by atoms with Gasteiger partial charge < -0.3 is 35.6 Å². The molecule has 3 heterocycles. The number of nitrogens with two attached hydrogens (primary N) is 1. The number of rotatable bonds is 8. The fraction of sp³-hybridized carbons (Fsp3) is 0.467. The van der Waals surface area contributed by atoms with E-state index in [9.17, 15) is 14.4 Å². The van der Waals surface area contributed by atoms with E-state index in [1.165, 1.54) is 20.7 Å². The maximum absolute atomic E-state index is 13.5. The highest BCUT2D eigenvalue weighted by atomic mass is 16.2. The fourth-order valence-corrected chi connectivity index (χ4v) is 5.31. The van der Waals surface area contributed by atoms with Crippen molar-refractivity contribution in [3.8, 4) is 6.07 Å². The Bertz CT molecular complexity index is 1560. The molecule has 0 spiro atoms. The van der Waals surface area contributed by atoms with Gasteiger partial charge in [0.1, 0.15) is 18.6 Å². The van der Waals surface area contributed by atoms with Crippen molar-refractivity contribution in [3.05, 3.63) is 36.8 Å². The quantitative estimate of drug-likeness (QED) is 0.369. The topological polar surface area (TPSA) is 160 Å². The van der Waals surface area contributed by atoms with Crippen molar-refractivity contribution in [2.75, 3.05) is 82.3 Å². The average Bonchev–Trinajstić information content (AvgIpc) is 3.44. The third-order valence-corrected chi connectivity index (χ3v) is 8.24. The molecule has 0 unspecified atom stereocenters. The van der Waals surface area contributed by atoms with E-state index >= 15 is 0 Å². The van der Waals surface area contributed by atoms with Crippen LogP contribution in [-0.4, -0.2) is 115 Å². The molecule has 44 heavy (non-hydrogen) atoms. The van der Waals surface area contributed by atoms with E-state index in [-0.39, 0.29) is 49.4 Å². The molecule has 0 radical (unpaired) electrons. The summed E-state index contributed by atoms with van der Waals surface area (Å²) in [6.45, 7) is 3.81. The number of carbonyl (C=O) groups is 3. The molecule has 1 saturated heterocycles. The number of nitrogens with one attached hydrogen (secondary N) is 1. The number of likely N-dealkylation sites (tertiary alicyclic amines) is 1. The number of anilines is 4. The number of hydrogen-bond donors (Lipinski definition) is 2. The lowest BCUT2D eigenvalue weighted by Gasteiger charge is -2.42. The fourth-order valence-electron chi connectivity index (χ4n) is 5.31. The summed E-state index contributed by atoms with van der Waals surface area (Å²) < 4.78 is 1.47. The molecule has 2 atom stereocenters. The number of aromatic nitrogens is 3. The van der Waals surface area contributed by atoms with Gasteiger partial charge in [-0.3, -0.25) is 9.36 Å². The zero-order chi connectivity index (χ0) is 32.1. The van der Waals surface area contributed by atoms with Crippen LogP contribution in [0.3, 0.4) is 0 Å².